The van der Waals surface area contributed by atoms with Crippen molar-refractivity contribution in [2.75, 3.05) is 39.3 Å². The van der Waals surface area contributed by atoms with E-state index in [0.29, 0.717) is 41.9 Å². The molecule has 4 aliphatic carbocycles. The minimum Gasteiger partial charge on any atom is -0.393 e. The number of hydrogen-bond donors (Lipinski definition) is 6. The molecular formula is C34H64N4O3. The molecule has 0 aromatic rings. The lowest BCUT2D eigenvalue weighted by molar-refractivity contribution is -0.174. The van der Waals surface area contributed by atoms with Crippen LogP contribution in [0, 0.1) is 46.3 Å². The summed E-state index contributed by atoms with van der Waals surface area (Å²) in [7, 11) is 0. The minimum atomic E-state index is -0.217. The Morgan fingerprint density at radius 2 is 1.51 bits per heavy atom. The van der Waals surface area contributed by atoms with Crippen molar-refractivity contribution < 1.29 is 15.0 Å². The molecule has 10 atom stereocenters. The van der Waals surface area contributed by atoms with Crippen LogP contribution in [0.1, 0.15) is 111 Å². The van der Waals surface area contributed by atoms with Crippen LogP contribution in [-0.4, -0.2) is 67.6 Å². The van der Waals surface area contributed by atoms with Crippen molar-refractivity contribution in [3.8, 4) is 0 Å². The van der Waals surface area contributed by atoms with Gasteiger partial charge in [-0.2, -0.15) is 0 Å². The number of rotatable bonds is 16. The van der Waals surface area contributed by atoms with E-state index in [4.69, 9.17) is 5.73 Å². The van der Waals surface area contributed by atoms with E-state index in [-0.39, 0.29) is 28.9 Å². The zero-order valence-electron chi connectivity index (χ0n) is 26.6. The number of unbranched alkanes of at least 4 members (excludes halogenated alkanes) is 1. The van der Waals surface area contributed by atoms with Gasteiger partial charge in [0.25, 0.3) is 0 Å². The maximum absolute atomic E-state index is 12.6. The first-order chi connectivity index (χ1) is 19.7. The Kier molecular flexibility index (Phi) is 12.4. The molecule has 41 heavy (non-hydrogen) atoms. The Bertz CT molecular complexity index is 813. The third-order valence-electron chi connectivity index (χ3n) is 12.6. The van der Waals surface area contributed by atoms with Gasteiger partial charge in [-0.1, -0.05) is 20.8 Å². The highest BCUT2D eigenvalue weighted by molar-refractivity contribution is 5.75. The molecule has 7 N–H and O–H groups in total. The van der Waals surface area contributed by atoms with E-state index in [1.165, 1.54) is 38.5 Å². The van der Waals surface area contributed by atoms with E-state index in [9.17, 15) is 15.0 Å². The second kappa shape index (κ2) is 15.3. The molecule has 4 aliphatic rings. The normalized spacial score (nSPS) is 39.0. The van der Waals surface area contributed by atoms with Crippen molar-refractivity contribution in [3.63, 3.8) is 0 Å². The van der Waals surface area contributed by atoms with Crippen LogP contribution in [0.2, 0.25) is 0 Å². The summed E-state index contributed by atoms with van der Waals surface area (Å²) in [5.74, 6) is 3.46. The van der Waals surface area contributed by atoms with E-state index < -0.39 is 0 Å². The molecule has 1 amide bonds. The molecule has 7 heteroatoms. The highest BCUT2D eigenvalue weighted by atomic mass is 16.3. The summed E-state index contributed by atoms with van der Waals surface area (Å²) in [5.41, 5.74) is 6.07. The number of aliphatic hydroxyl groups excluding tert-OH is 2. The third kappa shape index (κ3) is 7.87. The van der Waals surface area contributed by atoms with E-state index in [1.807, 2.05) is 0 Å². The summed E-state index contributed by atoms with van der Waals surface area (Å²) in [6.45, 7) is 13.0. The van der Waals surface area contributed by atoms with Crippen LogP contribution in [0.5, 0.6) is 0 Å². The number of carbonyl (C=O) groups is 1. The number of fused-ring (bicyclic) bond motifs is 5. The first-order valence-electron chi connectivity index (χ1n) is 17.4. The van der Waals surface area contributed by atoms with Crippen molar-refractivity contribution in [2.45, 2.75) is 123 Å². The van der Waals surface area contributed by atoms with Gasteiger partial charge in [0, 0.05) is 13.0 Å². The summed E-state index contributed by atoms with van der Waals surface area (Å²) in [6.07, 6.45) is 14.3. The summed E-state index contributed by atoms with van der Waals surface area (Å²) in [4.78, 5) is 12.6. The first kappa shape index (κ1) is 33.2. The molecule has 4 fully saturated rings. The molecule has 0 radical (unpaired) electrons. The largest absolute Gasteiger partial charge is 0.393 e. The molecule has 0 spiro atoms. The summed E-state index contributed by atoms with van der Waals surface area (Å²) in [6, 6.07) is 0. The van der Waals surface area contributed by atoms with Gasteiger partial charge in [-0.05, 0) is 163 Å². The van der Waals surface area contributed by atoms with Crippen molar-refractivity contribution in [1.29, 1.82) is 0 Å². The van der Waals surface area contributed by atoms with Gasteiger partial charge in [0.15, 0.2) is 0 Å². The van der Waals surface area contributed by atoms with E-state index in [1.54, 1.807) is 0 Å². The zero-order valence-corrected chi connectivity index (χ0v) is 26.6. The number of amides is 1. The number of hydrogen-bond acceptors (Lipinski definition) is 6. The predicted molar refractivity (Wildman–Crippen MR) is 167 cm³/mol. The van der Waals surface area contributed by atoms with Crippen LogP contribution < -0.4 is 21.7 Å². The molecule has 0 bridgehead atoms. The number of carbonyl (C=O) groups excluding carboxylic acids is 1. The molecule has 0 aromatic carbocycles. The molecule has 0 saturated heterocycles. The Morgan fingerprint density at radius 1 is 0.854 bits per heavy atom. The lowest BCUT2D eigenvalue weighted by Crippen LogP contribution is -2.58. The lowest BCUT2D eigenvalue weighted by atomic mass is 9.43. The maximum Gasteiger partial charge on any atom is 0.220 e. The average molecular weight is 577 g/mol. The van der Waals surface area contributed by atoms with Crippen LogP contribution >= 0.6 is 0 Å². The van der Waals surface area contributed by atoms with Gasteiger partial charge in [-0.3, -0.25) is 4.79 Å². The van der Waals surface area contributed by atoms with Crippen molar-refractivity contribution in [1.82, 2.24) is 16.0 Å². The van der Waals surface area contributed by atoms with Crippen LogP contribution in [0.25, 0.3) is 0 Å². The van der Waals surface area contributed by atoms with Gasteiger partial charge in [0.1, 0.15) is 0 Å². The highest BCUT2D eigenvalue weighted by Crippen LogP contribution is 2.68. The molecule has 4 rings (SSSR count). The summed E-state index contributed by atoms with van der Waals surface area (Å²) < 4.78 is 0. The van der Waals surface area contributed by atoms with Gasteiger partial charge >= 0.3 is 0 Å². The number of nitrogens with one attached hydrogen (secondary N) is 3. The standard InChI is InChI=1S/C34H64N4O3/c1-24(8-11-31(41)38-21-7-20-37-18-5-4-17-36-19-6-16-35)27-9-10-28-32-29(13-15-34(27,28)3)33(2)14-12-26(39)22-25(33)23-30(32)40/h24-30,32,36-37,39-40H,4-23,35H2,1-3H3,(H,38,41)/t24?,25-,26+,27+,28?,29?,30+,32?,33-,34+/m0/s1. The predicted octanol–water partition coefficient (Wildman–Crippen LogP) is 4.21. The lowest BCUT2D eigenvalue weighted by Gasteiger charge is -2.62. The SMILES string of the molecule is CC(CCC(=O)NCCCNCCCCNCCCN)[C@H]1CCC2C3C(CC[C@@]21C)[C@@]1(C)CC[C@@H](O)C[C@H]1C[C@H]3O. The number of aliphatic hydroxyl groups is 2. The van der Waals surface area contributed by atoms with Crippen molar-refractivity contribution in [3.05, 3.63) is 0 Å². The maximum atomic E-state index is 12.6. The fraction of sp³-hybridized carbons (Fsp3) is 0.971. The van der Waals surface area contributed by atoms with Gasteiger partial charge < -0.3 is 31.9 Å². The molecule has 0 heterocycles. The van der Waals surface area contributed by atoms with Crippen LogP contribution in [0.15, 0.2) is 0 Å². The van der Waals surface area contributed by atoms with Gasteiger partial charge in [-0.25, -0.2) is 0 Å². The van der Waals surface area contributed by atoms with Crippen LogP contribution in [0.4, 0.5) is 0 Å². The first-order valence-corrected chi connectivity index (χ1v) is 17.4. The minimum absolute atomic E-state index is 0.175. The fourth-order valence-electron chi connectivity index (χ4n) is 10.2. The topological polar surface area (TPSA) is 120 Å². The van der Waals surface area contributed by atoms with E-state index in [2.05, 4.69) is 36.7 Å². The smallest absolute Gasteiger partial charge is 0.220 e. The zero-order chi connectivity index (χ0) is 29.5. The van der Waals surface area contributed by atoms with Crippen molar-refractivity contribution >= 4 is 5.91 Å². The quantitative estimate of drug-likeness (QED) is 0.153. The van der Waals surface area contributed by atoms with Gasteiger partial charge in [0.2, 0.25) is 5.91 Å². The van der Waals surface area contributed by atoms with E-state index >= 15 is 0 Å². The van der Waals surface area contributed by atoms with Gasteiger partial charge in [0.05, 0.1) is 12.2 Å². The molecule has 4 saturated carbocycles. The molecular weight excluding hydrogens is 512 g/mol. The Morgan fingerprint density at radius 3 is 2.24 bits per heavy atom. The Hall–Kier alpha value is -0.730. The van der Waals surface area contributed by atoms with Crippen LogP contribution in [0.3, 0.4) is 0 Å². The second-order valence-corrected chi connectivity index (χ2v) is 15.0. The Balaban J connectivity index is 1.14. The molecule has 4 unspecified atom stereocenters. The van der Waals surface area contributed by atoms with E-state index in [0.717, 1.165) is 84.2 Å². The highest BCUT2D eigenvalue weighted by Gasteiger charge is 2.62. The molecule has 238 valence electrons. The summed E-state index contributed by atoms with van der Waals surface area (Å²) >= 11 is 0. The molecule has 0 aromatic heterocycles. The fourth-order valence-corrected chi connectivity index (χ4v) is 10.2. The molecule has 0 aliphatic heterocycles. The molecule has 7 nitrogen and oxygen atoms in total. The monoisotopic (exact) mass is 576 g/mol. The summed E-state index contributed by atoms with van der Waals surface area (Å²) in [5, 5.41) is 31.9. The Labute approximate surface area is 250 Å². The average Bonchev–Trinajstić information content (AvgIpc) is 3.30. The third-order valence-corrected chi connectivity index (χ3v) is 12.6. The second-order valence-electron chi connectivity index (χ2n) is 15.0. The van der Waals surface area contributed by atoms with Gasteiger partial charge in [-0.15, -0.1) is 0 Å². The van der Waals surface area contributed by atoms with Crippen molar-refractivity contribution in [2.24, 2.45) is 52.1 Å². The van der Waals surface area contributed by atoms with Crippen LogP contribution in [-0.2, 0) is 4.79 Å². The number of nitrogens with two attached hydrogens (primary N) is 1.